The molecule has 3 aromatic rings. The van der Waals surface area contributed by atoms with Crippen molar-refractivity contribution in [3.63, 3.8) is 0 Å². The highest BCUT2D eigenvalue weighted by molar-refractivity contribution is 7.92. The number of sulfonamides is 1. The third kappa shape index (κ3) is 4.89. The van der Waals surface area contributed by atoms with Gasteiger partial charge in [0.15, 0.2) is 0 Å². The van der Waals surface area contributed by atoms with Crippen molar-refractivity contribution in [1.82, 2.24) is 0 Å². The molecule has 3 aromatic carbocycles. The molecule has 0 aliphatic carbocycles. The molecule has 0 atom stereocenters. The fourth-order valence-electron chi connectivity index (χ4n) is 2.80. The van der Waals surface area contributed by atoms with E-state index >= 15 is 0 Å². The van der Waals surface area contributed by atoms with Crippen molar-refractivity contribution >= 4 is 33.6 Å². The zero-order valence-electron chi connectivity index (χ0n) is 16.0. The maximum absolute atomic E-state index is 12.9. The van der Waals surface area contributed by atoms with E-state index in [4.69, 9.17) is 0 Å². The van der Waals surface area contributed by atoms with Crippen LogP contribution in [0.25, 0.3) is 0 Å². The van der Waals surface area contributed by atoms with Crippen molar-refractivity contribution in [2.75, 3.05) is 10.0 Å². The van der Waals surface area contributed by atoms with Gasteiger partial charge in [-0.15, -0.1) is 0 Å². The number of benzene rings is 3. The van der Waals surface area contributed by atoms with Crippen LogP contribution in [0.1, 0.15) is 31.8 Å². The zero-order chi connectivity index (χ0) is 21.0. The summed E-state index contributed by atoms with van der Waals surface area (Å²) in [4.78, 5) is 23.2. The molecule has 148 valence electrons. The van der Waals surface area contributed by atoms with Crippen molar-refractivity contribution in [2.45, 2.75) is 18.7 Å². The molecule has 0 aromatic heterocycles. The van der Waals surface area contributed by atoms with E-state index in [9.17, 15) is 18.0 Å². The lowest BCUT2D eigenvalue weighted by atomic mass is 10.1. The molecule has 3 rings (SSSR count). The number of carbonyl (C=O) groups excluding carboxylic acids is 2. The van der Waals surface area contributed by atoms with E-state index in [1.807, 2.05) is 13.0 Å². The van der Waals surface area contributed by atoms with Gasteiger partial charge in [0.25, 0.3) is 15.9 Å². The number of nitrogens with one attached hydrogen (secondary N) is 2. The molecule has 0 bridgehead atoms. The van der Waals surface area contributed by atoms with Gasteiger partial charge in [0.1, 0.15) is 6.29 Å². The largest absolute Gasteiger partial charge is 0.322 e. The highest BCUT2D eigenvalue weighted by Gasteiger charge is 2.18. The molecule has 0 saturated heterocycles. The molecule has 0 aliphatic rings. The monoisotopic (exact) mass is 408 g/mol. The summed E-state index contributed by atoms with van der Waals surface area (Å²) in [5.41, 5.74) is 3.13. The van der Waals surface area contributed by atoms with E-state index in [0.717, 1.165) is 5.56 Å². The molecule has 0 unspecified atom stereocenters. The number of anilines is 2. The van der Waals surface area contributed by atoms with Gasteiger partial charge in [-0.05, 0) is 61.4 Å². The Morgan fingerprint density at radius 2 is 1.62 bits per heavy atom. The Hall–Kier alpha value is -3.45. The van der Waals surface area contributed by atoms with E-state index in [2.05, 4.69) is 10.0 Å². The number of aryl methyl sites for hydroxylation is 2. The Labute approximate surface area is 169 Å². The van der Waals surface area contributed by atoms with Gasteiger partial charge < -0.3 is 5.32 Å². The summed E-state index contributed by atoms with van der Waals surface area (Å²) in [6.45, 7) is 3.56. The van der Waals surface area contributed by atoms with E-state index < -0.39 is 15.9 Å². The van der Waals surface area contributed by atoms with Crippen molar-refractivity contribution < 1.29 is 18.0 Å². The third-order valence-electron chi connectivity index (χ3n) is 4.31. The summed E-state index contributed by atoms with van der Waals surface area (Å²) in [6, 6.07) is 17.9. The van der Waals surface area contributed by atoms with Gasteiger partial charge in [0, 0.05) is 22.5 Å². The molecule has 7 heteroatoms. The van der Waals surface area contributed by atoms with E-state index in [1.165, 1.54) is 18.2 Å². The van der Waals surface area contributed by atoms with Gasteiger partial charge in [0.05, 0.1) is 4.90 Å². The lowest BCUT2D eigenvalue weighted by Gasteiger charge is -2.13. The fourth-order valence-corrected chi connectivity index (χ4v) is 4.12. The highest BCUT2D eigenvalue weighted by Crippen LogP contribution is 2.24. The van der Waals surface area contributed by atoms with Crippen LogP contribution in [0.4, 0.5) is 11.4 Å². The quantitative estimate of drug-likeness (QED) is 0.599. The molecular weight excluding hydrogens is 388 g/mol. The highest BCUT2D eigenvalue weighted by atomic mass is 32.2. The number of hydrogen-bond donors (Lipinski definition) is 2. The molecule has 0 heterocycles. The second kappa shape index (κ2) is 8.28. The van der Waals surface area contributed by atoms with Crippen LogP contribution in [0.15, 0.2) is 71.6 Å². The topological polar surface area (TPSA) is 92.3 Å². The normalized spacial score (nSPS) is 11.0. The smallest absolute Gasteiger partial charge is 0.262 e. The standard InChI is InChI=1S/C22H20N2O4S/c1-15-4-3-5-20(12-15)24-29(27,28)21-13-19(11-6-16(21)2)23-22(26)18-9-7-17(14-25)8-10-18/h3-14,24H,1-2H3,(H,23,26). The molecule has 0 radical (unpaired) electrons. The van der Waals surface area contributed by atoms with Crippen molar-refractivity contribution in [3.05, 3.63) is 89.0 Å². The summed E-state index contributed by atoms with van der Waals surface area (Å²) in [6.07, 6.45) is 0.694. The fraction of sp³-hybridized carbons (Fsp3) is 0.0909. The molecular formula is C22H20N2O4S. The van der Waals surface area contributed by atoms with Crippen molar-refractivity contribution in [1.29, 1.82) is 0 Å². The van der Waals surface area contributed by atoms with Crippen LogP contribution in [0, 0.1) is 13.8 Å². The molecule has 1 amide bonds. The first-order valence-electron chi connectivity index (χ1n) is 8.85. The van der Waals surface area contributed by atoms with E-state index in [1.54, 1.807) is 49.4 Å². The number of carbonyl (C=O) groups is 2. The molecule has 29 heavy (non-hydrogen) atoms. The molecule has 6 nitrogen and oxygen atoms in total. The SMILES string of the molecule is Cc1cccc(NS(=O)(=O)c2cc(NC(=O)c3ccc(C=O)cc3)ccc2C)c1. The summed E-state index contributed by atoms with van der Waals surface area (Å²) < 4.78 is 28.3. The number of amides is 1. The van der Waals surface area contributed by atoms with Crippen molar-refractivity contribution in [3.8, 4) is 0 Å². The maximum Gasteiger partial charge on any atom is 0.262 e. The van der Waals surface area contributed by atoms with E-state index in [0.29, 0.717) is 34.4 Å². The summed E-state index contributed by atoms with van der Waals surface area (Å²) in [5, 5.41) is 2.69. The van der Waals surface area contributed by atoms with Gasteiger partial charge in [0.2, 0.25) is 0 Å². The molecule has 0 spiro atoms. The second-order valence-electron chi connectivity index (χ2n) is 6.65. The maximum atomic E-state index is 12.9. The second-order valence-corrected chi connectivity index (χ2v) is 8.30. The van der Waals surface area contributed by atoms with Gasteiger partial charge in [-0.1, -0.05) is 30.3 Å². The lowest BCUT2D eigenvalue weighted by Crippen LogP contribution is -2.16. The molecule has 0 fully saturated rings. The van der Waals surface area contributed by atoms with Gasteiger partial charge in [-0.2, -0.15) is 0 Å². The number of aldehydes is 1. The summed E-state index contributed by atoms with van der Waals surface area (Å²) >= 11 is 0. The van der Waals surface area contributed by atoms with Gasteiger partial charge in [-0.3, -0.25) is 14.3 Å². The minimum absolute atomic E-state index is 0.0770. The summed E-state index contributed by atoms with van der Waals surface area (Å²) in [7, 11) is -3.83. The Morgan fingerprint density at radius 3 is 2.28 bits per heavy atom. The minimum atomic E-state index is -3.83. The zero-order valence-corrected chi connectivity index (χ0v) is 16.8. The average Bonchev–Trinajstić information content (AvgIpc) is 2.69. The Kier molecular flexibility index (Phi) is 5.79. The predicted molar refractivity (Wildman–Crippen MR) is 113 cm³/mol. The Morgan fingerprint density at radius 1 is 0.897 bits per heavy atom. The van der Waals surface area contributed by atoms with Crippen LogP contribution < -0.4 is 10.0 Å². The van der Waals surface area contributed by atoms with Crippen LogP contribution in [0.3, 0.4) is 0 Å². The first-order chi connectivity index (χ1) is 13.8. The summed E-state index contributed by atoms with van der Waals surface area (Å²) in [5.74, 6) is -0.402. The Balaban J connectivity index is 1.85. The minimum Gasteiger partial charge on any atom is -0.322 e. The van der Waals surface area contributed by atoms with E-state index in [-0.39, 0.29) is 4.90 Å². The van der Waals surface area contributed by atoms with Crippen LogP contribution in [0.2, 0.25) is 0 Å². The number of rotatable bonds is 6. The molecule has 0 aliphatic heterocycles. The van der Waals surface area contributed by atoms with Crippen LogP contribution in [-0.4, -0.2) is 20.6 Å². The van der Waals surface area contributed by atoms with Crippen LogP contribution in [0.5, 0.6) is 0 Å². The molecule has 0 saturated carbocycles. The van der Waals surface area contributed by atoms with Gasteiger partial charge in [-0.25, -0.2) is 8.42 Å². The third-order valence-corrected chi connectivity index (χ3v) is 5.84. The Bertz CT molecular complexity index is 1170. The first kappa shape index (κ1) is 20.3. The average molecular weight is 408 g/mol. The van der Waals surface area contributed by atoms with Crippen LogP contribution >= 0.6 is 0 Å². The lowest BCUT2D eigenvalue weighted by molar-refractivity contribution is 0.102. The first-order valence-corrected chi connectivity index (χ1v) is 10.3. The predicted octanol–water partition coefficient (Wildman–Crippen LogP) is 4.17. The van der Waals surface area contributed by atoms with Crippen LogP contribution in [-0.2, 0) is 10.0 Å². The number of hydrogen-bond acceptors (Lipinski definition) is 4. The van der Waals surface area contributed by atoms with Crippen molar-refractivity contribution in [2.24, 2.45) is 0 Å². The van der Waals surface area contributed by atoms with Gasteiger partial charge >= 0.3 is 0 Å². The molecule has 2 N–H and O–H groups in total.